The van der Waals surface area contributed by atoms with Gasteiger partial charge in [0.15, 0.2) is 5.75 Å². The molecule has 0 aromatic carbocycles. The zero-order valence-electron chi connectivity index (χ0n) is 7.88. The number of nitrogens with zero attached hydrogens (tertiary/aromatic N) is 1. The lowest BCUT2D eigenvalue weighted by atomic mass is 10.3. The Morgan fingerprint density at radius 3 is 2.53 bits per heavy atom. The quantitative estimate of drug-likeness (QED) is 0.525. The lowest BCUT2D eigenvalue weighted by molar-refractivity contribution is -0.386. The number of rotatable bonds is 3. The molecule has 1 N–H and O–H groups in total. The number of aromatic amines is 1. The Bertz CT molecular complexity index is 499. The van der Waals surface area contributed by atoms with Crippen LogP contribution in [0, 0.1) is 10.1 Å². The molecule has 0 aliphatic rings. The third-order valence-corrected chi connectivity index (χ3v) is 2.18. The smallest absolute Gasteiger partial charge is 0.404 e. The molecule has 0 aliphatic carbocycles. The normalized spacial score (nSPS) is 11.3. The summed E-state index contributed by atoms with van der Waals surface area (Å²) in [7, 11) is 0. The van der Waals surface area contributed by atoms with Crippen LogP contribution in [-0.2, 0) is 5.33 Å². The van der Waals surface area contributed by atoms with Gasteiger partial charge < -0.3 is 9.72 Å². The molecule has 0 radical (unpaired) electrons. The van der Waals surface area contributed by atoms with Crippen molar-refractivity contribution < 1.29 is 22.8 Å². The fourth-order valence-electron chi connectivity index (χ4n) is 0.990. The van der Waals surface area contributed by atoms with Gasteiger partial charge in [-0.15, -0.1) is 13.2 Å². The predicted octanol–water partition coefficient (Wildman–Crippen LogP) is 2.08. The zero-order valence-corrected chi connectivity index (χ0v) is 9.46. The van der Waals surface area contributed by atoms with Crippen LogP contribution in [0.2, 0.25) is 0 Å². The van der Waals surface area contributed by atoms with Gasteiger partial charge >= 0.3 is 17.6 Å². The fourth-order valence-corrected chi connectivity index (χ4v) is 1.41. The molecule has 1 aromatic rings. The molecule has 1 aromatic heterocycles. The first kappa shape index (κ1) is 13.5. The van der Waals surface area contributed by atoms with Gasteiger partial charge in [0.2, 0.25) is 0 Å². The number of hydrogen-bond donors (Lipinski definition) is 1. The molecule has 0 amide bonds. The highest BCUT2D eigenvalue weighted by molar-refractivity contribution is 9.08. The Kier molecular flexibility index (Phi) is 3.76. The van der Waals surface area contributed by atoms with Crippen LogP contribution in [-0.4, -0.2) is 16.3 Å². The average molecular weight is 317 g/mol. The first-order valence-corrected chi connectivity index (χ1v) is 5.09. The van der Waals surface area contributed by atoms with Crippen molar-refractivity contribution in [2.75, 3.05) is 0 Å². The Morgan fingerprint density at radius 1 is 1.53 bits per heavy atom. The Labute approximate surface area is 99.7 Å². The number of pyridine rings is 1. The summed E-state index contributed by atoms with van der Waals surface area (Å²) < 4.78 is 39.5. The number of nitrogens with one attached hydrogen (secondary N) is 1. The molecule has 0 saturated heterocycles. The maximum atomic E-state index is 12.0. The molecule has 0 atom stereocenters. The second kappa shape index (κ2) is 4.73. The summed E-state index contributed by atoms with van der Waals surface area (Å²) in [6, 6.07) is 0.433. The molecule has 0 aliphatic heterocycles. The Hall–Kier alpha value is -1.58. The number of hydrogen-bond acceptors (Lipinski definition) is 4. The van der Waals surface area contributed by atoms with Crippen LogP contribution >= 0.6 is 15.9 Å². The molecule has 94 valence electrons. The van der Waals surface area contributed by atoms with Gasteiger partial charge in [0.05, 0.1) is 16.7 Å². The van der Waals surface area contributed by atoms with Crippen molar-refractivity contribution in [2.45, 2.75) is 11.7 Å². The van der Waals surface area contributed by atoms with E-state index in [1.165, 1.54) is 0 Å². The van der Waals surface area contributed by atoms with Crippen molar-refractivity contribution in [3.8, 4) is 5.75 Å². The summed E-state index contributed by atoms with van der Waals surface area (Å²) in [6.45, 7) is 0. The minimum absolute atomic E-state index is 0.147. The van der Waals surface area contributed by atoms with Gasteiger partial charge in [-0.1, -0.05) is 15.9 Å². The van der Waals surface area contributed by atoms with Crippen molar-refractivity contribution in [1.29, 1.82) is 0 Å². The zero-order chi connectivity index (χ0) is 13.2. The number of nitro groups is 1. The monoisotopic (exact) mass is 316 g/mol. The first-order valence-electron chi connectivity index (χ1n) is 3.97. The highest BCUT2D eigenvalue weighted by Crippen LogP contribution is 2.27. The number of halogens is 4. The third kappa shape index (κ3) is 3.44. The number of H-pyrrole nitrogens is 1. The van der Waals surface area contributed by atoms with E-state index in [4.69, 9.17) is 0 Å². The summed E-state index contributed by atoms with van der Waals surface area (Å²) in [4.78, 5) is 22.3. The van der Waals surface area contributed by atoms with E-state index < -0.39 is 28.3 Å². The van der Waals surface area contributed by atoms with Crippen LogP contribution in [0.1, 0.15) is 5.69 Å². The molecule has 0 unspecified atom stereocenters. The fraction of sp³-hybridized carbons (Fsp3) is 0.286. The second-order valence-electron chi connectivity index (χ2n) is 2.77. The van der Waals surface area contributed by atoms with Crippen LogP contribution in [0.3, 0.4) is 0 Å². The summed E-state index contributed by atoms with van der Waals surface area (Å²) in [6.07, 6.45) is -5.00. The summed E-state index contributed by atoms with van der Waals surface area (Å²) in [5.74, 6) is -0.819. The maximum Gasteiger partial charge on any atom is 0.573 e. The molecule has 0 bridgehead atoms. The van der Waals surface area contributed by atoms with Crippen LogP contribution < -0.4 is 10.3 Å². The van der Waals surface area contributed by atoms with E-state index >= 15 is 0 Å². The minimum atomic E-state index is -5.00. The van der Waals surface area contributed by atoms with Gasteiger partial charge in [0.25, 0.3) is 0 Å². The average Bonchev–Trinajstić information content (AvgIpc) is 2.17. The van der Waals surface area contributed by atoms with Crippen molar-refractivity contribution in [1.82, 2.24) is 4.98 Å². The van der Waals surface area contributed by atoms with E-state index in [1.807, 2.05) is 4.98 Å². The van der Waals surface area contributed by atoms with Crippen LogP contribution in [0.15, 0.2) is 10.9 Å². The lowest BCUT2D eigenvalue weighted by Gasteiger charge is -2.11. The van der Waals surface area contributed by atoms with E-state index in [0.29, 0.717) is 6.07 Å². The molecular weight excluding hydrogens is 313 g/mol. The largest absolute Gasteiger partial charge is 0.573 e. The lowest BCUT2D eigenvalue weighted by Crippen LogP contribution is -2.21. The van der Waals surface area contributed by atoms with Crippen molar-refractivity contribution in [2.24, 2.45) is 0 Å². The molecule has 0 spiro atoms. The SMILES string of the molecule is O=c1[nH]c(CBr)c(OC(F)(F)F)cc1[N+](=O)[O-]. The van der Waals surface area contributed by atoms with Crippen molar-refractivity contribution in [3.63, 3.8) is 0 Å². The van der Waals surface area contributed by atoms with Crippen LogP contribution in [0.4, 0.5) is 18.9 Å². The van der Waals surface area contributed by atoms with Gasteiger partial charge in [0.1, 0.15) is 0 Å². The minimum Gasteiger partial charge on any atom is -0.404 e. The van der Waals surface area contributed by atoms with E-state index in [9.17, 15) is 28.1 Å². The van der Waals surface area contributed by atoms with Crippen LogP contribution in [0.5, 0.6) is 5.75 Å². The molecule has 0 fully saturated rings. The second-order valence-corrected chi connectivity index (χ2v) is 3.33. The maximum absolute atomic E-state index is 12.0. The summed E-state index contributed by atoms with van der Waals surface area (Å²) >= 11 is 2.82. The van der Waals surface area contributed by atoms with Gasteiger partial charge in [-0.2, -0.15) is 0 Å². The van der Waals surface area contributed by atoms with E-state index in [-0.39, 0.29) is 11.0 Å². The Morgan fingerprint density at radius 2 is 2.12 bits per heavy atom. The molecule has 6 nitrogen and oxygen atoms in total. The van der Waals surface area contributed by atoms with Crippen molar-refractivity contribution >= 4 is 21.6 Å². The first-order chi connectivity index (χ1) is 7.74. The molecule has 1 heterocycles. The Balaban J connectivity index is 3.32. The van der Waals surface area contributed by atoms with E-state index in [0.717, 1.165) is 0 Å². The highest BCUT2D eigenvalue weighted by atomic mass is 79.9. The number of ether oxygens (including phenoxy) is 1. The van der Waals surface area contributed by atoms with Crippen molar-refractivity contribution in [3.05, 3.63) is 32.2 Å². The number of aromatic nitrogens is 1. The van der Waals surface area contributed by atoms with E-state index in [1.54, 1.807) is 0 Å². The molecule has 10 heteroatoms. The topological polar surface area (TPSA) is 85.2 Å². The molecule has 0 saturated carbocycles. The van der Waals surface area contributed by atoms with Gasteiger partial charge in [-0.3, -0.25) is 14.9 Å². The molecule has 1 rings (SSSR count). The van der Waals surface area contributed by atoms with Crippen LogP contribution in [0.25, 0.3) is 0 Å². The van der Waals surface area contributed by atoms with Gasteiger partial charge in [0, 0.05) is 5.33 Å². The highest BCUT2D eigenvalue weighted by Gasteiger charge is 2.33. The molecule has 17 heavy (non-hydrogen) atoms. The van der Waals surface area contributed by atoms with Gasteiger partial charge in [-0.25, -0.2) is 0 Å². The third-order valence-electron chi connectivity index (χ3n) is 1.62. The molecular formula is C7H4BrF3N2O4. The van der Waals surface area contributed by atoms with Gasteiger partial charge in [-0.05, 0) is 0 Å². The number of alkyl halides is 4. The summed E-state index contributed by atoms with van der Waals surface area (Å²) in [5.41, 5.74) is -2.36. The standard InChI is InChI=1S/C7H4BrF3N2O4/c8-2-3-5(17-7(9,10)11)1-4(13(15)16)6(14)12-3/h1H,2H2,(H,12,14). The summed E-state index contributed by atoms with van der Waals surface area (Å²) in [5, 5.41) is 10.2. The van der Waals surface area contributed by atoms with E-state index in [2.05, 4.69) is 20.7 Å². The predicted molar refractivity (Wildman–Crippen MR) is 53.0 cm³/mol.